The molecule has 0 radical (unpaired) electrons. The second kappa shape index (κ2) is 5.30. The minimum atomic E-state index is -0.460. The number of carbonyl (C=O) groups is 1. The first kappa shape index (κ1) is 13.7. The van der Waals surface area contributed by atoms with Gasteiger partial charge in [-0.05, 0) is 26.0 Å². The Morgan fingerprint density at radius 3 is 2.41 bits per heavy atom. The topological polar surface area (TPSA) is 20.3 Å². The summed E-state index contributed by atoms with van der Waals surface area (Å²) in [5, 5.41) is 0. The molecule has 17 heavy (non-hydrogen) atoms. The summed E-state index contributed by atoms with van der Waals surface area (Å²) in [4.78, 5) is 13.4. The predicted octanol–water partition coefficient (Wildman–Crippen LogP) is 3.27. The van der Waals surface area contributed by atoms with Gasteiger partial charge >= 0.3 is 0 Å². The van der Waals surface area contributed by atoms with Crippen molar-refractivity contribution in [3.05, 3.63) is 30.1 Å². The Kier molecular flexibility index (Phi) is 4.27. The molecule has 0 aliphatic rings. The molecule has 0 unspecified atom stereocenters. The van der Waals surface area contributed by atoms with Gasteiger partial charge in [-0.15, -0.1) is 0 Å². The van der Waals surface area contributed by atoms with Crippen molar-refractivity contribution in [3.63, 3.8) is 0 Å². The Morgan fingerprint density at radius 2 is 1.94 bits per heavy atom. The van der Waals surface area contributed by atoms with Crippen LogP contribution < -0.4 is 4.90 Å². The predicted molar refractivity (Wildman–Crippen MR) is 68.7 cm³/mol. The average molecular weight is 237 g/mol. The van der Waals surface area contributed by atoms with E-state index in [-0.39, 0.29) is 11.6 Å². The van der Waals surface area contributed by atoms with Crippen molar-refractivity contribution in [2.75, 3.05) is 18.0 Å². The van der Waals surface area contributed by atoms with E-state index in [2.05, 4.69) is 0 Å². The minimum Gasteiger partial charge on any atom is -0.368 e. The summed E-state index contributed by atoms with van der Waals surface area (Å²) in [6, 6.07) is 6.67. The fourth-order valence-electron chi connectivity index (χ4n) is 1.66. The van der Waals surface area contributed by atoms with Crippen molar-refractivity contribution >= 4 is 11.5 Å². The lowest BCUT2D eigenvalue weighted by Crippen LogP contribution is -2.38. The number of benzene rings is 1. The fourth-order valence-corrected chi connectivity index (χ4v) is 1.66. The number of Topliss-reactive ketones (excluding diaryl/α,β-unsaturated/α-hetero) is 1. The molecule has 0 aliphatic heterocycles. The van der Waals surface area contributed by atoms with Crippen LogP contribution in [0.2, 0.25) is 0 Å². The number of halogens is 1. The Hall–Kier alpha value is -1.38. The molecule has 0 saturated carbocycles. The quantitative estimate of drug-likeness (QED) is 0.783. The monoisotopic (exact) mass is 237 g/mol. The number of anilines is 1. The van der Waals surface area contributed by atoms with E-state index in [0.29, 0.717) is 18.8 Å². The number of rotatable bonds is 5. The molecular formula is C14H20FNO. The maximum Gasteiger partial charge on any atom is 0.146 e. The number of nitrogens with zero attached hydrogens (tertiary/aromatic N) is 1. The van der Waals surface area contributed by atoms with E-state index < -0.39 is 5.41 Å². The zero-order chi connectivity index (χ0) is 13.1. The molecule has 2 nitrogen and oxygen atoms in total. The van der Waals surface area contributed by atoms with Crippen molar-refractivity contribution < 1.29 is 9.18 Å². The van der Waals surface area contributed by atoms with Crippen LogP contribution >= 0.6 is 0 Å². The van der Waals surface area contributed by atoms with Crippen LogP contribution in [0.1, 0.15) is 27.7 Å². The normalized spacial score (nSPS) is 11.4. The van der Waals surface area contributed by atoms with Crippen LogP contribution in [-0.2, 0) is 4.79 Å². The largest absolute Gasteiger partial charge is 0.368 e. The average Bonchev–Trinajstić information content (AvgIpc) is 2.26. The Bertz CT molecular complexity index is 401. The number of ketones is 1. The molecule has 0 aliphatic carbocycles. The molecule has 0 N–H and O–H groups in total. The molecule has 94 valence electrons. The molecule has 0 fully saturated rings. The van der Waals surface area contributed by atoms with E-state index in [1.165, 1.54) is 6.07 Å². The molecule has 0 aromatic heterocycles. The third-order valence-corrected chi connectivity index (χ3v) is 3.11. The van der Waals surface area contributed by atoms with Crippen LogP contribution in [0.25, 0.3) is 0 Å². The molecule has 1 rings (SSSR count). The van der Waals surface area contributed by atoms with E-state index in [1.54, 1.807) is 19.1 Å². The standard InChI is InChI=1S/C14H20FNO/c1-5-16(10-14(3,4)11(2)17)13-9-7-6-8-12(13)15/h6-9H,5,10H2,1-4H3. The van der Waals surface area contributed by atoms with Gasteiger partial charge in [-0.1, -0.05) is 26.0 Å². The molecule has 0 bridgehead atoms. The third kappa shape index (κ3) is 3.29. The van der Waals surface area contributed by atoms with Gasteiger partial charge in [0, 0.05) is 18.5 Å². The lowest BCUT2D eigenvalue weighted by molar-refractivity contribution is -0.124. The number of hydrogen-bond acceptors (Lipinski definition) is 2. The van der Waals surface area contributed by atoms with Crippen LogP contribution in [0, 0.1) is 11.2 Å². The number of para-hydroxylation sites is 1. The zero-order valence-corrected chi connectivity index (χ0v) is 11.0. The Morgan fingerprint density at radius 1 is 1.35 bits per heavy atom. The van der Waals surface area contributed by atoms with E-state index in [4.69, 9.17) is 0 Å². The molecule has 3 heteroatoms. The first-order chi connectivity index (χ1) is 7.88. The molecular weight excluding hydrogens is 217 g/mol. The van der Waals surface area contributed by atoms with Crippen LogP contribution in [-0.4, -0.2) is 18.9 Å². The Labute approximate surface area is 102 Å². The summed E-state index contributed by atoms with van der Waals surface area (Å²) in [6.45, 7) is 8.52. The zero-order valence-electron chi connectivity index (χ0n) is 11.0. The highest BCUT2D eigenvalue weighted by Gasteiger charge is 2.27. The van der Waals surface area contributed by atoms with Crippen LogP contribution in [0.5, 0.6) is 0 Å². The molecule has 0 atom stereocenters. The number of hydrogen-bond donors (Lipinski definition) is 0. The molecule has 0 saturated heterocycles. The smallest absolute Gasteiger partial charge is 0.146 e. The van der Waals surface area contributed by atoms with Gasteiger partial charge in [-0.2, -0.15) is 0 Å². The lowest BCUT2D eigenvalue weighted by Gasteiger charge is -2.32. The van der Waals surface area contributed by atoms with Gasteiger partial charge in [0.2, 0.25) is 0 Å². The maximum atomic E-state index is 13.7. The molecule has 1 aromatic rings. The fraction of sp³-hybridized carbons (Fsp3) is 0.500. The SMILES string of the molecule is CCN(CC(C)(C)C(C)=O)c1ccccc1F. The second-order valence-corrected chi connectivity index (χ2v) is 4.91. The minimum absolute atomic E-state index is 0.118. The molecule has 0 heterocycles. The summed E-state index contributed by atoms with van der Waals surface area (Å²) < 4.78 is 13.7. The first-order valence-corrected chi connectivity index (χ1v) is 5.89. The van der Waals surface area contributed by atoms with Gasteiger partial charge < -0.3 is 4.90 Å². The van der Waals surface area contributed by atoms with Crippen LogP contribution in [0.4, 0.5) is 10.1 Å². The van der Waals surface area contributed by atoms with Gasteiger partial charge in [0.1, 0.15) is 11.6 Å². The summed E-state index contributed by atoms with van der Waals surface area (Å²) in [6.07, 6.45) is 0. The summed E-state index contributed by atoms with van der Waals surface area (Å²) >= 11 is 0. The third-order valence-electron chi connectivity index (χ3n) is 3.11. The highest BCUT2D eigenvalue weighted by Crippen LogP contribution is 2.24. The van der Waals surface area contributed by atoms with E-state index in [9.17, 15) is 9.18 Å². The first-order valence-electron chi connectivity index (χ1n) is 5.89. The van der Waals surface area contributed by atoms with Crippen molar-refractivity contribution in [1.82, 2.24) is 0 Å². The van der Waals surface area contributed by atoms with E-state index >= 15 is 0 Å². The van der Waals surface area contributed by atoms with Gasteiger partial charge in [0.15, 0.2) is 0 Å². The van der Waals surface area contributed by atoms with Gasteiger partial charge in [0.05, 0.1) is 5.69 Å². The van der Waals surface area contributed by atoms with Crippen molar-refractivity contribution in [1.29, 1.82) is 0 Å². The highest BCUT2D eigenvalue weighted by atomic mass is 19.1. The van der Waals surface area contributed by atoms with E-state index in [1.807, 2.05) is 31.7 Å². The van der Waals surface area contributed by atoms with Gasteiger partial charge in [-0.25, -0.2) is 4.39 Å². The van der Waals surface area contributed by atoms with Crippen LogP contribution in [0.15, 0.2) is 24.3 Å². The summed E-state index contributed by atoms with van der Waals surface area (Å²) in [5.41, 5.74) is 0.0995. The van der Waals surface area contributed by atoms with Crippen LogP contribution in [0.3, 0.4) is 0 Å². The lowest BCUT2D eigenvalue weighted by atomic mass is 9.88. The summed E-state index contributed by atoms with van der Waals surface area (Å²) in [5.74, 6) is -0.124. The molecule has 0 spiro atoms. The summed E-state index contributed by atoms with van der Waals surface area (Å²) in [7, 11) is 0. The number of carbonyl (C=O) groups excluding carboxylic acids is 1. The highest BCUT2D eigenvalue weighted by molar-refractivity contribution is 5.82. The van der Waals surface area contributed by atoms with Gasteiger partial charge in [0.25, 0.3) is 0 Å². The van der Waals surface area contributed by atoms with Crippen molar-refractivity contribution in [2.24, 2.45) is 5.41 Å². The molecule has 0 amide bonds. The van der Waals surface area contributed by atoms with E-state index in [0.717, 1.165) is 0 Å². The van der Waals surface area contributed by atoms with Gasteiger partial charge in [-0.3, -0.25) is 4.79 Å². The second-order valence-electron chi connectivity index (χ2n) is 4.91. The maximum absolute atomic E-state index is 13.7. The van der Waals surface area contributed by atoms with Crippen molar-refractivity contribution in [3.8, 4) is 0 Å². The van der Waals surface area contributed by atoms with Crippen molar-refractivity contribution in [2.45, 2.75) is 27.7 Å². The Balaban J connectivity index is 2.94. The molecule has 1 aromatic carbocycles.